The van der Waals surface area contributed by atoms with E-state index in [1.807, 2.05) is 18.2 Å². The molecule has 0 amide bonds. The Morgan fingerprint density at radius 3 is 2.60 bits per heavy atom. The number of thiophene rings is 1. The quantitative estimate of drug-likeness (QED) is 0.710. The average molecular weight is 284 g/mol. The Hall–Kier alpha value is -2.20. The van der Waals surface area contributed by atoms with Crippen LogP contribution in [0.5, 0.6) is 0 Å². The fourth-order valence-corrected chi connectivity index (χ4v) is 2.87. The van der Waals surface area contributed by atoms with Gasteiger partial charge >= 0.3 is 0 Å². The lowest BCUT2D eigenvalue weighted by Crippen LogP contribution is -2.00. The number of anilines is 1. The van der Waals surface area contributed by atoms with Gasteiger partial charge in [-0.15, -0.1) is 11.3 Å². The van der Waals surface area contributed by atoms with Crippen LogP contribution in [-0.2, 0) is 6.54 Å². The van der Waals surface area contributed by atoms with Crippen molar-refractivity contribution in [3.8, 4) is 10.4 Å². The maximum absolute atomic E-state index is 13.0. The van der Waals surface area contributed by atoms with Gasteiger partial charge in [0.05, 0.1) is 6.54 Å². The second-order valence-electron chi connectivity index (χ2n) is 4.33. The van der Waals surface area contributed by atoms with Gasteiger partial charge in [-0.05, 0) is 29.8 Å². The zero-order chi connectivity index (χ0) is 13.8. The van der Waals surface area contributed by atoms with Crippen LogP contribution in [0.2, 0.25) is 0 Å². The van der Waals surface area contributed by atoms with Gasteiger partial charge in [0.15, 0.2) is 0 Å². The molecule has 0 aliphatic heterocycles. The maximum Gasteiger partial charge on any atom is 0.214 e. The van der Waals surface area contributed by atoms with Crippen molar-refractivity contribution >= 4 is 17.2 Å². The third-order valence-corrected chi connectivity index (χ3v) is 4.01. The summed E-state index contributed by atoms with van der Waals surface area (Å²) in [4.78, 5) is 6.20. The second kappa shape index (κ2) is 5.84. The molecule has 1 aromatic carbocycles. The molecule has 4 heteroatoms. The van der Waals surface area contributed by atoms with Gasteiger partial charge in [0.1, 0.15) is 5.82 Å². The molecule has 0 aliphatic carbocycles. The second-order valence-corrected chi connectivity index (χ2v) is 5.50. The predicted octanol–water partition coefficient (Wildman–Crippen LogP) is 4.56. The summed E-state index contributed by atoms with van der Waals surface area (Å²) >= 11 is 1.73. The topological polar surface area (TPSA) is 24.9 Å². The number of aromatic nitrogens is 1. The third kappa shape index (κ3) is 3.03. The monoisotopic (exact) mass is 284 g/mol. The van der Waals surface area contributed by atoms with Gasteiger partial charge in [-0.2, -0.15) is 4.39 Å². The predicted molar refractivity (Wildman–Crippen MR) is 81.3 cm³/mol. The fraction of sp³-hybridized carbons (Fsp3) is 0.0625. The largest absolute Gasteiger partial charge is 0.365 e. The average Bonchev–Trinajstić information content (AvgIpc) is 2.95. The Morgan fingerprint density at radius 2 is 1.80 bits per heavy atom. The van der Waals surface area contributed by atoms with Crippen molar-refractivity contribution in [1.82, 2.24) is 4.98 Å². The highest BCUT2D eigenvalue weighted by Crippen LogP contribution is 2.28. The lowest BCUT2D eigenvalue weighted by atomic mass is 10.2. The van der Waals surface area contributed by atoms with Crippen LogP contribution in [0.4, 0.5) is 10.2 Å². The van der Waals surface area contributed by atoms with E-state index in [0.29, 0.717) is 12.4 Å². The summed E-state index contributed by atoms with van der Waals surface area (Å²) in [5.41, 5.74) is 1.22. The van der Waals surface area contributed by atoms with Crippen LogP contribution in [-0.4, -0.2) is 4.98 Å². The standard InChI is InChI=1S/C16H13FN2S/c17-15-7-4-8-16(19-15)18-11-13-9-10-14(20-13)12-5-2-1-3-6-12/h1-10H,11H2,(H,18,19). The Kier molecular flexibility index (Phi) is 3.74. The van der Waals surface area contributed by atoms with Gasteiger partial charge in [-0.1, -0.05) is 36.4 Å². The molecule has 0 atom stereocenters. The zero-order valence-corrected chi connectivity index (χ0v) is 11.5. The molecule has 0 saturated carbocycles. The van der Waals surface area contributed by atoms with Crippen LogP contribution < -0.4 is 5.32 Å². The van der Waals surface area contributed by atoms with Crippen molar-refractivity contribution < 1.29 is 4.39 Å². The Labute approximate surface area is 120 Å². The number of nitrogens with zero attached hydrogens (tertiary/aromatic N) is 1. The number of benzene rings is 1. The van der Waals surface area contributed by atoms with E-state index in [2.05, 4.69) is 34.6 Å². The van der Waals surface area contributed by atoms with E-state index in [9.17, 15) is 4.39 Å². The van der Waals surface area contributed by atoms with E-state index in [1.165, 1.54) is 21.4 Å². The van der Waals surface area contributed by atoms with Gasteiger partial charge in [-0.3, -0.25) is 0 Å². The van der Waals surface area contributed by atoms with Crippen LogP contribution >= 0.6 is 11.3 Å². The molecule has 0 radical (unpaired) electrons. The van der Waals surface area contributed by atoms with Crippen molar-refractivity contribution in [2.24, 2.45) is 0 Å². The van der Waals surface area contributed by atoms with E-state index in [0.717, 1.165) is 0 Å². The first-order chi connectivity index (χ1) is 9.81. The van der Waals surface area contributed by atoms with Crippen molar-refractivity contribution in [2.75, 3.05) is 5.32 Å². The van der Waals surface area contributed by atoms with E-state index >= 15 is 0 Å². The molecule has 2 nitrogen and oxygen atoms in total. The summed E-state index contributed by atoms with van der Waals surface area (Å²) in [6, 6.07) is 19.2. The molecule has 0 spiro atoms. The van der Waals surface area contributed by atoms with Gasteiger partial charge in [-0.25, -0.2) is 4.98 Å². The number of rotatable bonds is 4. The van der Waals surface area contributed by atoms with E-state index in [-0.39, 0.29) is 0 Å². The third-order valence-electron chi connectivity index (χ3n) is 2.88. The summed E-state index contributed by atoms with van der Waals surface area (Å²) in [5, 5.41) is 3.13. The molecule has 3 aromatic rings. The SMILES string of the molecule is Fc1cccc(NCc2ccc(-c3ccccc3)s2)n1. The summed E-state index contributed by atoms with van der Waals surface area (Å²) < 4.78 is 13.0. The summed E-state index contributed by atoms with van der Waals surface area (Å²) in [6.45, 7) is 0.647. The first kappa shape index (κ1) is 12.8. The molecule has 0 fully saturated rings. The highest BCUT2D eigenvalue weighted by atomic mass is 32.1. The minimum Gasteiger partial charge on any atom is -0.365 e. The lowest BCUT2D eigenvalue weighted by molar-refractivity contribution is 0.585. The van der Waals surface area contributed by atoms with Gasteiger partial charge < -0.3 is 5.32 Å². The number of hydrogen-bond acceptors (Lipinski definition) is 3. The molecular weight excluding hydrogens is 271 g/mol. The Balaban J connectivity index is 1.69. The minimum absolute atomic E-state index is 0.467. The molecule has 3 rings (SSSR count). The summed E-state index contributed by atoms with van der Waals surface area (Å²) in [5.74, 6) is 0.0887. The van der Waals surface area contributed by atoms with Crippen LogP contribution in [0.1, 0.15) is 4.88 Å². The van der Waals surface area contributed by atoms with Crippen LogP contribution in [0.15, 0.2) is 60.7 Å². The van der Waals surface area contributed by atoms with Crippen LogP contribution in [0.3, 0.4) is 0 Å². The normalized spacial score (nSPS) is 10.4. The Bertz CT molecular complexity index is 694. The number of halogens is 1. The molecule has 0 unspecified atom stereocenters. The maximum atomic E-state index is 13.0. The van der Waals surface area contributed by atoms with Crippen LogP contribution in [0, 0.1) is 5.95 Å². The Morgan fingerprint density at radius 1 is 0.950 bits per heavy atom. The lowest BCUT2D eigenvalue weighted by Gasteiger charge is -2.03. The molecule has 0 aliphatic rings. The molecule has 0 saturated heterocycles. The van der Waals surface area contributed by atoms with Gasteiger partial charge in [0.2, 0.25) is 5.95 Å². The molecule has 100 valence electrons. The number of pyridine rings is 1. The van der Waals surface area contributed by atoms with Gasteiger partial charge in [0, 0.05) is 9.75 Å². The van der Waals surface area contributed by atoms with E-state index < -0.39 is 5.95 Å². The van der Waals surface area contributed by atoms with Crippen molar-refractivity contribution in [2.45, 2.75) is 6.54 Å². The molecule has 1 N–H and O–H groups in total. The summed E-state index contributed by atoms with van der Waals surface area (Å²) in [6.07, 6.45) is 0. The smallest absolute Gasteiger partial charge is 0.214 e. The molecule has 20 heavy (non-hydrogen) atoms. The van der Waals surface area contributed by atoms with Crippen LogP contribution in [0.25, 0.3) is 10.4 Å². The number of hydrogen-bond donors (Lipinski definition) is 1. The summed E-state index contributed by atoms with van der Waals surface area (Å²) in [7, 11) is 0. The molecule has 0 bridgehead atoms. The molecule has 2 aromatic heterocycles. The minimum atomic E-state index is -0.467. The van der Waals surface area contributed by atoms with E-state index in [1.54, 1.807) is 23.5 Å². The van der Waals surface area contributed by atoms with Gasteiger partial charge in [0.25, 0.3) is 0 Å². The molecule has 2 heterocycles. The number of nitrogens with one attached hydrogen (secondary N) is 1. The van der Waals surface area contributed by atoms with Crippen molar-refractivity contribution in [1.29, 1.82) is 0 Å². The molecular formula is C16H13FN2S. The van der Waals surface area contributed by atoms with E-state index in [4.69, 9.17) is 0 Å². The highest BCUT2D eigenvalue weighted by molar-refractivity contribution is 7.15. The van der Waals surface area contributed by atoms with Crippen molar-refractivity contribution in [3.05, 3.63) is 71.5 Å². The first-order valence-corrected chi connectivity index (χ1v) is 7.13. The van der Waals surface area contributed by atoms with Crippen molar-refractivity contribution in [3.63, 3.8) is 0 Å². The fourth-order valence-electron chi connectivity index (χ4n) is 1.91. The first-order valence-electron chi connectivity index (χ1n) is 6.32. The highest BCUT2D eigenvalue weighted by Gasteiger charge is 2.03. The zero-order valence-electron chi connectivity index (χ0n) is 10.7.